The Morgan fingerprint density at radius 1 is 1.25 bits per heavy atom. The molecule has 0 atom stereocenters. The third-order valence-electron chi connectivity index (χ3n) is 3.21. The molecule has 0 spiro atoms. The lowest BCUT2D eigenvalue weighted by Gasteiger charge is -2.32. The molecule has 0 amide bonds. The second-order valence-electron chi connectivity index (χ2n) is 4.44. The van der Waals surface area contributed by atoms with E-state index in [-0.39, 0.29) is 10.6 Å². The highest BCUT2D eigenvalue weighted by atomic mass is 16.6. The normalized spacial score (nSPS) is 17.4. The Kier molecular flexibility index (Phi) is 3.08. The van der Waals surface area contributed by atoms with Crippen molar-refractivity contribution in [2.24, 2.45) is 5.92 Å². The third kappa shape index (κ3) is 2.32. The summed E-state index contributed by atoms with van der Waals surface area (Å²) in [6.07, 6.45) is 2.41. The maximum absolute atomic E-state index is 10.5. The summed E-state index contributed by atoms with van der Waals surface area (Å²) >= 11 is 0. The fourth-order valence-electron chi connectivity index (χ4n) is 2.05. The molecule has 0 aromatic heterocycles. The Hall–Kier alpha value is -1.58. The van der Waals surface area contributed by atoms with Crippen LogP contribution in [0, 0.1) is 16.0 Å². The molecule has 2 rings (SSSR count). The predicted octanol–water partition coefficient (Wildman–Crippen LogP) is 2.83. The molecule has 1 aliphatic rings. The highest BCUT2D eigenvalue weighted by Crippen LogP contribution is 2.24. The van der Waals surface area contributed by atoms with Crippen molar-refractivity contribution in [1.82, 2.24) is 0 Å². The summed E-state index contributed by atoms with van der Waals surface area (Å²) in [6.45, 7) is 4.38. The van der Waals surface area contributed by atoms with Crippen LogP contribution in [0.25, 0.3) is 0 Å². The molecule has 0 unspecified atom stereocenters. The van der Waals surface area contributed by atoms with Crippen LogP contribution in [0.5, 0.6) is 0 Å². The summed E-state index contributed by atoms with van der Waals surface area (Å²) < 4.78 is 0. The van der Waals surface area contributed by atoms with E-state index in [9.17, 15) is 10.1 Å². The second-order valence-corrected chi connectivity index (χ2v) is 4.44. The van der Waals surface area contributed by atoms with E-state index in [1.54, 1.807) is 12.1 Å². The van der Waals surface area contributed by atoms with Gasteiger partial charge in [0.1, 0.15) is 0 Å². The number of hydrogen-bond acceptors (Lipinski definition) is 3. The van der Waals surface area contributed by atoms with Crippen LogP contribution in [0.2, 0.25) is 0 Å². The standard InChI is InChI=1S/C12H16N2O2/c1-10-6-8-13(9-7-10)11-2-4-12(5-3-11)14(15)16/h2-5,10H,6-9H2,1H3. The minimum atomic E-state index is -0.359. The number of piperidine rings is 1. The van der Waals surface area contributed by atoms with E-state index in [1.807, 2.05) is 12.1 Å². The molecule has 1 aromatic rings. The lowest BCUT2D eigenvalue weighted by atomic mass is 9.99. The van der Waals surface area contributed by atoms with Gasteiger partial charge in [-0.25, -0.2) is 0 Å². The molecule has 0 bridgehead atoms. The molecule has 0 aliphatic carbocycles. The number of nitrogens with zero attached hydrogens (tertiary/aromatic N) is 2. The third-order valence-corrected chi connectivity index (χ3v) is 3.21. The second kappa shape index (κ2) is 4.51. The Morgan fingerprint density at radius 3 is 2.31 bits per heavy atom. The molecule has 1 aromatic carbocycles. The van der Waals surface area contributed by atoms with Crippen LogP contribution in [0.1, 0.15) is 19.8 Å². The van der Waals surface area contributed by atoms with Crippen LogP contribution >= 0.6 is 0 Å². The zero-order chi connectivity index (χ0) is 11.5. The molecular weight excluding hydrogens is 204 g/mol. The van der Waals surface area contributed by atoms with E-state index in [2.05, 4.69) is 11.8 Å². The van der Waals surface area contributed by atoms with Gasteiger partial charge in [0, 0.05) is 30.9 Å². The van der Waals surface area contributed by atoms with Gasteiger partial charge in [0.05, 0.1) is 4.92 Å². The quantitative estimate of drug-likeness (QED) is 0.568. The summed E-state index contributed by atoms with van der Waals surface area (Å²) in [5.41, 5.74) is 1.26. The number of anilines is 1. The van der Waals surface area contributed by atoms with Gasteiger partial charge >= 0.3 is 0 Å². The molecule has 1 fully saturated rings. The number of non-ortho nitro benzene ring substituents is 1. The molecule has 1 saturated heterocycles. The van der Waals surface area contributed by atoms with Gasteiger partial charge < -0.3 is 4.90 Å². The summed E-state index contributed by atoms with van der Waals surface area (Å²) in [5, 5.41) is 10.5. The first-order valence-electron chi connectivity index (χ1n) is 5.66. The topological polar surface area (TPSA) is 46.4 Å². The summed E-state index contributed by atoms with van der Waals surface area (Å²) in [6, 6.07) is 6.84. The molecule has 86 valence electrons. The molecule has 16 heavy (non-hydrogen) atoms. The van der Waals surface area contributed by atoms with Crippen molar-refractivity contribution >= 4 is 11.4 Å². The molecule has 1 aliphatic heterocycles. The number of rotatable bonds is 2. The van der Waals surface area contributed by atoms with Gasteiger partial charge in [0.25, 0.3) is 5.69 Å². The van der Waals surface area contributed by atoms with Crippen LogP contribution in [-0.2, 0) is 0 Å². The van der Waals surface area contributed by atoms with Crippen molar-refractivity contribution in [2.75, 3.05) is 18.0 Å². The smallest absolute Gasteiger partial charge is 0.269 e. The molecule has 4 heteroatoms. The maximum atomic E-state index is 10.5. The number of benzene rings is 1. The number of nitro groups is 1. The van der Waals surface area contributed by atoms with Crippen LogP contribution in [0.3, 0.4) is 0 Å². The van der Waals surface area contributed by atoms with E-state index >= 15 is 0 Å². The monoisotopic (exact) mass is 220 g/mol. The van der Waals surface area contributed by atoms with Crippen molar-refractivity contribution in [1.29, 1.82) is 0 Å². The molecule has 0 radical (unpaired) electrons. The highest BCUT2D eigenvalue weighted by molar-refractivity contribution is 5.51. The lowest BCUT2D eigenvalue weighted by molar-refractivity contribution is -0.384. The Morgan fingerprint density at radius 2 is 1.81 bits per heavy atom. The fourth-order valence-corrected chi connectivity index (χ4v) is 2.05. The summed E-state index contributed by atoms with van der Waals surface area (Å²) in [4.78, 5) is 12.5. The SMILES string of the molecule is CC1CCN(c2ccc([N+](=O)[O-])cc2)CC1. The van der Waals surface area contributed by atoms with Gasteiger partial charge in [0.15, 0.2) is 0 Å². The van der Waals surface area contributed by atoms with E-state index < -0.39 is 0 Å². The highest BCUT2D eigenvalue weighted by Gasteiger charge is 2.16. The maximum Gasteiger partial charge on any atom is 0.269 e. The van der Waals surface area contributed by atoms with E-state index in [4.69, 9.17) is 0 Å². The van der Waals surface area contributed by atoms with Gasteiger partial charge in [-0.1, -0.05) is 6.92 Å². The molecule has 0 N–H and O–H groups in total. The van der Waals surface area contributed by atoms with Gasteiger partial charge in [-0.3, -0.25) is 10.1 Å². The Bertz CT molecular complexity index is 367. The zero-order valence-corrected chi connectivity index (χ0v) is 9.43. The van der Waals surface area contributed by atoms with Crippen molar-refractivity contribution in [2.45, 2.75) is 19.8 Å². The summed E-state index contributed by atoms with van der Waals surface area (Å²) in [5.74, 6) is 0.800. The predicted molar refractivity (Wildman–Crippen MR) is 63.7 cm³/mol. The van der Waals surface area contributed by atoms with Gasteiger partial charge in [-0.2, -0.15) is 0 Å². The first kappa shape index (κ1) is 10.9. The van der Waals surface area contributed by atoms with E-state index in [1.165, 1.54) is 12.8 Å². The van der Waals surface area contributed by atoms with Gasteiger partial charge in [-0.05, 0) is 30.9 Å². The minimum Gasteiger partial charge on any atom is -0.372 e. The van der Waals surface area contributed by atoms with E-state index in [0.29, 0.717) is 0 Å². The minimum absolute atomic E-state index is 0.161. The Labute approximate surface area is 95.0 Å². The largest absolute Gasteiger partial charge is 0.372 e. The number of nitro benzene ring substituents is 1. The van der Waals surface area contributed by atoms with Gasteiger partial charge in [0.2, 0.25) is 0 Å². The fraction of sp³-hybridized carbons (Fsp3) is 0.500. The summed E-state index contributed by atoms with van der Waals surface area (Å²) in [7, 11) is 0. The van der Waals surface area contributed by atoms with Crippen molar-refractivity contribution < 1.29 is 4.92 Å². The van der Waals surface area contributed by atoms with E-state index in [0.717, 1.165) is 24.7 Å². The first-order valence-corrected chi connectivity index (χ1v) is 5.66. The first-order chi connectivity index (χ1) is 7.66. The Balaban J connectivity index is 2.07. The van der Waals surface area contributed by atoms with Crippen LogP contribution in [0.15, 0.2) is 24.3 Å². The molecule has 0 saturated carbocycles. The molecule has 1 heterocycles. The van der Waals surface area contributed by atoms with Crippen LogP contribution in [0.4, 0.5) is 11.4 Å². The van der Waals surface area contributed by atoms with Crippen molar-refractivity contribution in [3.8, 4) is 0 Å². The van der Waals surface area contributed by atoms with Crippen molar-refractivity contribution in [3.63, 3.8) is 0 Å². The molecule has 4 nitrogen and oxygen atoms in total. The number of hydrogen-bond donors (Lipinski definition) is 0. The van der Waals surface area contributed by atoms with Crippen LogP contribution < -0.4 is 4.90 Å². The molecular formula is C12H16N2O2. The average Bonchev–Trinajstić information content (AvgIpc) is 2.30. The van der Waals surface area contributed by atoms with Crippen molar-refractivity contribution in [3.05, 3.63) is 34.4 Å². The zero-order valence-electron chi connectivity index (χ0n) is 9.43. The van der Waals surface area contributed by atoms with Crippen LogP contribution in [-0.4, -0.2) is 18.0 Å². The lowest BCUT2D eigenvalue weighted by Crippen LogP contribution is -2.32. The van der Waals surface area contributed by atoms with Gasteiger partial charge in [-0.15, -0.1) is 0 Å². The average molecular weight is 220 g/mol.